The molecule has 1 aliphatic rings. The smallest absolute Gasteiger partial charge is 0.0851 e. The molecular formula is C13H19NO2. The van der Waals surface area contributed by atoms with Crippen molar-refractivity contribution in [1.82, 2.24) is 5.32 Å². The maximum absolute atomic E-state index is 10.4. The molecule has 0 saturated carbocycles. The van der Waals surface area contributed by atoms with Gasteiger partial charge in [-0.1, -0.05) is 24.3 Å². The van der Waals surface area contributed by atoms with E-state index in [0.29, 0.717) is 13.2 Å². The van der Waals surface area contributed by atoms with Crippen molar-refractivity contribution in [2.75, 3.05) is 26.8 Å². The number of fused-ring (bicyclic) bond motifs is 1. The molecule has 0 unspecified atom stereocenters. The lowest BCUT2D eigenvalue weighted by Gasteiger charge is -2.22. The Kier molecular flexibility index (Phi) is 3.59. The third-order valence-electron chi connectivity index (χ3n) is 3.09. The van der Waals surface area contributed by atoms with E-state index in [1.807, 2.05) is 12.1 Å². The minimum Gasteiger partial charge on any atom is -0.388 e. The number of hydrogen-bond acceptors (Lipinski definition) is 3. The predicted octanol–water partition coefficient (Wildman–Crippen LogP) is 0.752. The monoisotopic (exact) mass is 221 g/mol. The Balaban J connectivity index is 1.88. The number of aliphatic hydroxyl groups is 1. The van der Waals surface area contributed by atoms with Gasteiger partial charge in [-0.05, 0) is 11.1 Å². The van der Waals surface area contributed by atoms with Crippen molar-refractivity contribution in [1.29, 1.82) is 0 Å². The topological polar surface area (TPSA) is 41.5 Å². The fraction of sp³-hybridized carbons (Fsp3) is 0.538. The molecule has 88 valence electrons. The number of methoxy groups -OCH3 is 1. The number of hydrogen-bond donors (Lipinski definition) is 2. The lowest BCUT2D eigenvalue weighted by molar-refractivity contribution is 0.0495. The lowest BCUT2D eigenvalue weighted by atomic mass is 10.0. The van der Waals surface area contributed by atoms with Gasteiger partial charge in [-0.3, -0.25) is 0 Å². The molecule has 0 aromatic heterocycles. The number of ether oxygens (including phenoxy) is 1. The zero-order valence-electron chi connectivity index (χ0n) is 9.70. The third-order valence-corrected chi connectivity index (χ3v) is 3.09. The van der Waals surface area contributed by atoms with E-state index in [1.165, 1.54) is 11.1 Å². The van der Waals surface area contributed by atoms with E-state index >= 15 is 0 Å². The van der Waals surface area contributed by atoms with Crippen LogP contribution in [0.25, 0.3) is 0 Å². The Labute approximate surface area is 96.4 Å². The second-order valence-corrected chi connectivity index (χ2v) is 4.52. The highest BCUT2D eigenvalue weighted by molar-refractivity contribution is 5.35. The third kappa shape index (κ3) is 2.61. The van der Waals surface area contributed by atoms with E-state index in [4.69, 9.17) is 4.74 Å². The highest BCUT2D eigenvalue weighted by Crippen LogP contribution is 2.29. The Bertz CT molecular complexity index is 327. The summed E-state index contributed by atoms with van der Waals surface area (Å²) in [6.07, 6.45) is 1.51. The molecule has 3 nitrogen and oxygen atoms in total. The Morgan fingerprint density at radius 1 is 1.31 bits per heavy atom. The predicted molar refractivity (Wildman–Crippen MR) is 63.5 cm³/mol. The van der Waals surface area contributed by atoms with Crippen LogP contribution < -0.4 is 5.32 Å². The maximum Gasteiger partial charge on any atom is 0.0851 e. The van der Waals surface area contributed by atoms with E-state index in [-0.39, 0.29) is 0 Å². The van der Waals surface area contributed by atoms with Crippen molar-refractivity contribution in [2.45, 2.75) is 18.4 Å². The van der Waals surface area contributed by atoms with Crippen LogP contribution in [0.4, 0.5) is 0 Å². The first kappa shape index (κ1) is 11.6. The van der Waals surface area contributed by atoms with Crippen LogP contribution in [0.15, 0.2) is 24.3 Å². The molecule has 0 spiro atoms. The van der Waals surface area contributed by atoms with E-state index in [1.54, 1.807) is 7.11 Å². The average Bonchev–Trinajstić information content (AvgIpc) is 2.61. The minimum atomic E-state index is -0.614. The molecule has 0 heterocycles. The Morgan fingerprint density at radius 3 is 2.50 bits per heavy atom. The molecule has 1 aliphatic carbocycles. The summed E-state index contributed by atoms with van der Waals surface area (Å²) < 4.78 is 4.96. The fourth-order valence-electron chi connectivity index (χ4n) is 2.29. The van der Waals surface area contributed by atoms with Crippen LogP contribution in [-0.4, -0.2) is 37.5 Å². The van der Waals surface area contributed by atoms with Gasteiger partial charge in [0.05, 0.1) is 12.2 Å². The maximum atomic E-state index is 10.4. The van der Waals surface area contributed by atoms with Crippen LogP contribution in [0.2, 0.25) is 0 Å². The Hall–Kier alpha value is -0.900. The highest BCUT2D eigenvalue weighted by atomic mass is 16.5. The molecule has 0 atom stereocenters. The van der Waals surface area contributed by atoms with Gasteiger partial charge in [0.2, 0.25) is 0 Å². The van der Waals surface area contributed by atoms with Gasteiger partial charge in [0, 0.05) is 33.0 Å². The zero-order chi connectivity index (χ0) is 11.4. The van der Waals surface area contributed by atoms with Crippen molar-refractivity contribution in [3.8, 4) is 0 Å². The first-order valence-electron chi connectivity index (χ1n) is 5.72. The fourth-order valence-corrected chi connectivity index (χ4v) is 2.29. The minimum absolute atomic E-state index is 0.614. The summed E-state index contributed by atoms with van der Waals surface area (Å²) in [6.45, 7) is 2.10. The van der Waals surface area contributed by atoms with Gasteiger partial charge in [0.15, 0.2) is 0 Å². The molecule has 2 rings (SSSR count). The summed E-state index contributed by atoms with van der Waals surface area (Å²) in [4.78, 5) is 0. The van der Waals surface area contributed by atoms with Gasteiger partial charge >= 0.3 is 0 Å². The molecule has 1 aromatic carbocycles. The second kappa shape index (κ2) is 4.95. The molecule has 1 aromatic rings. The normalized spacial score (nSPS) is 17.4. The lowest BCUT2D eigenvalue weighted by Crippen LogP contribution is -2.42. The molecule has 2 N–H and O–H groups in total. The van der Waals surface area contributed by atoms with E-state index < -0.39 is 5.60 Å². The summed E-state index contributed by atoms with van der Waals surface area (Å²) in [7, 11) is 1.68. The SMILES string of the molecule is COCCNCC1(O)Cc2ccccc2C1. The molecule has 0 fully saturated rings. The van der Waals surface area contributed by atoms with E-state index in [9.17, 15) is 5.11 Å². The second-order valence-electron chi connectivity index (χ2n) is 4.52. The van der Waals surface area contributed by atoms with Gasteiger partial charge in [0.25, 0.3) is 0 Å². The van der Waals surface area contributed by atoms with Crippen LogP contribution in [0.5, 0.6) is 0 Å². The molecule has 0 aliphatic heterocycles. The van der Waals surface area contributed by atoms with Crippen LogP contribution in [0.3, 0.4) is 0 Å². The molecule has 3 heteroatoms. The van der Waals surface area contributed by atoms with Gasteiger partial charge in [-0.2, -0.15) is 0 Å². The standard InChI is InChI=1S/C13H19NO2/c1-16-7-6-14-10-13(15)8-11-4-2-3-5-12(11)9-13/h2-5,14-15H,6-10H2,1H3. The zero-order valence-corrected chi connectivity index (χ0v) is 9.70. The quantitative estimate of drug-likeness (QED) is 0.721. The molecule has 0 amide bonds. The molecule has 0 saturated heterocycles. The van der Waals surface area contributed by atoms with Crippen molar-refractivity contribution < 1.29 is 9.84 Å². The van der Waals surface area contributed by atoms with Gasteiger partial charge < -0.3 is 15.2 Å². The highest BCUT2D eigenvalue weighted by Gasteiger charge is 2.34. The van der Waals surface area contributed by atoms with Crippen molar-refractivity contribution >= 4 is 0 Å². The molecule has 0 radical (unpaired) electrons. The number of rotatable bonds is 5. The van der Waals surface area contributed by atoms with Crippen LogP contribution in [-0.2, 0) is 17.6 Å². The molecule has 0 bridgehead atoms. The summed E-state index contributed by atoms with van der Waals surface area (Å²) in [5, 5.41) is 13.6. The molecular weight excluding hydrogens is 202 g/mol. The van der Waals surface area contributed by atoms with E-state index in [0.717, 1.165) is 19.4 Å². The summed E-state index contributed by atoms with van der Waals surface area (Å²) in [5.41, 5.74) is 1.94. The van der Waals surface area contributed by atoms with Gasteiger partial charge in [0.1, 0.15) is 0 Å². The van der Waals surface area contributed by atoms with E-state index in [2.05, 4.69) is 17.4 Å². The van der Waals surface area contributed by atoms with Crippen LogP contribution in [0.1, 0.15) is 11.1 Å². The van der Waals surface area contributed by atoms with Gasteiger partial charge in [-0.15, -0.1) is 0 Å². The van der Waals surface area contributed by atoms with Gasteiger partial charge in [-0.25, -0.2) is 0 Å². The summed E-state index contributed by atoms with van der Waals surface area (Å²) >= 11 is 0. The van der Waals surface area contributed by atoms with Crippen LogP contribution >= 0.6 is 0 Å². The summed E-state index contributed by atoms with van der Waals surface area (Å²) in [6, 6.07) is 8.26. The van der Waals surface area contributed by atoms with Crippen molar-refractivity contribution in [3.05, 3.63) is 35.4 Å². The van der Waals surface area contributed by atoms with Crippen molar-refractivity contribution in [2.24, 2.45) is 0 Å². The first-order chi connectivity index (χ1) is 7.73. The van der Waals surface area contributed by atoms with Crippen molar-refractivity contribution in [3.63, 3.8) is 0 Å². The number of nitrogens with one attached hydrogen (secondary N) is 1. The molecule has 16 heavy (non-hydrogen) atoms. The summed E-state index contributed by atoms with van der Waals surface area (Å²) in [5.74, 6) is 0. The average molecular weight is 221 g/mol. The number of benzene rings is 1. The first-order valence-corrected chi connectivity index (χ1v) is 5.72. The Morgan fingerprint density at radius 2 is 1.94 bits per heavy atom. The largest absolute Gasteiger partial charge is 0.388 e. The van der Waals surface area contributed by atoms with Crippen LogP contribution in [0, 0.1) is 0 Å².